The first kappa shape index (κ1) is 20.1. The first-order chi connectivity index (χ1) is 14.9. The van der Waals surface area contributed by atoms with Crippen molar-refractivity contribution in [3.63, 3.8) is 0 Å². The summed E-state index contributed by atoms with van der Waals surface area (Å²) < 4.78 is 41.9. The number of likely N-dealkylation sites (tertiary alicyclic amines) is 1. The minimum atomic E-state index is -0.677. The number of rotatable bonds is 4. The zero-order valence-corrected chi connectivity index (χ0v) is 16.9. The third kappa shape index (κ3) is 3.51. The molecule has 1 aromatic heterocycles. The summed E-state index contributed by atoms with van der Waals surface area (Å²) in [5.74, 6) is -1.64. The lowest BCUT2D eigenvalue weighted by atomic mass is 9.69. The summed E-state index contributed by atoms with van der Waals surface area (Å²) in [6.07, 6.45) is 2.00. The second kappa shape index (κ2) is 7.71. The van der Waals surface area contributed by atoms with E-state index >= 15 is 0 Å². The predicted octanol–water partition coefficient (Wildman–Crippen LogP) is 4.59. The smallest absolute Gasteiger partial charge is 0.225 e. The van der Waals surface area contributed by atoms with Gasteiger partial charge in [0.15, 0.2) is 0 Å². The maximum absolute atomic E-state index is 14.5. The summed E-state index contributed by atoms with van der Waals surface area (Å²) in [6.45, 7) is 1.33. The number of nitrogens with one attached hydrogen (secondary N) is 1. The summed E-state index contributed by atoms with van der Waals surface area (Å²) in [5, 5.41) is 9.78. The van der Waals surface area contributed by atoms with Crippen LogP contribution in [0.2, 0.25) is 0 Å². The van der Waals surface area contributed by atoms with Crippen molar-refractivity contribution in [3.8, 4) is 11.3 Å². The van der Waals surface area contributed by atoms with Gasteiger partial charge in [0.1, 0.15) is 17.5 Å². The van der Waals surface area contributed by atoms with Crippen LogP contribution in [-0.2, 0) is 4.79 Å². The van der Waals surface area contributed by atoms with Gasteiger partial charge in [0.05, 0.1) is 11.2 Å². The molecule has 2 heterocycles. The SMILES string of the molecule is O=C(C1CC(c2c(-c3ccc(F)cc3)[nH]c3c(F)cc(F)cc23)C1)N1CC[C@H](CO)C1. The second-order valence-electron chi connectivity index (χ2n) is 8.72. The number of H-pyrrole nitrogens is 1. The van der Waals surface area contributed by atoms with Crippen LogP contribution in [0.3, 0.4) is 0 Å². The van der Waals surface area contributed by atoms with Crippen LogP contribution in [0.15, 0.2) is 36.4 Å². The normalized spacial score (nSPS) is 23.4. The van der Waals surface area contributed by atoms with Crippen LogP contribution in [0.1, 0.15) is 30.7 Å². The van der Waals surface area contributed by atoms with E-state index in [0.717, 1.165) is 18.1 Å². The van der Waals surface area contributed by atoms with Crippen molar-refractivity contribution in [3.05, 3.63) is 59.4 Å². The van der Waals surface area contributed by atoms with Gasteiger partial charge in [-0.1, -0.05) is 0 Å². The highest BCUT2D eigenvalue weighted by molar-refractivity contribution is 5.92. The van der Waals surface area contributed by atoms with Crippen LogP contribution in [0.4, 0.5) is 13.2 Å². The Morgan fingerprint density at radius 1 is 1.10 bits per heavy atom. The van der Waals surface area contributed by atoms with Crippen molar-refractivity contribution in [2.75, 3.05) is 19.7 Å². The van der Waals surface area contributed by atoms with E-state index in [0.29, 0.717) is 42.6 Å². The molecule has 2 aromatic carbocycles. The van der Waals surface area contributed by atoms with E-state index in [1.165, 1.54) is 18.2 Å². The molecule has 0 spiro atoms. The van der Waals surface area contributed by atoms with Crippen LogP contribution in [-0.4, -0.2) is 40.6 Å². The number of halogens is 3. The Labute approximate surface area is 177 Å². The lowest BCUT2D eigenvalue weighted by Gasteiger charge is -2.37. The Morgan fingerprint density at radius 2 is 1.84 bits per heavy atom. The molecule has 3 aromatic rings. The quantitative estimate of drug-likeness (QED) is 0.639. The van der Waals surface area contributed by atoms with Crippen LogP contribution in [0, 0.1) is 29.3 Å². The topological polar surface area (TPSA) is 56.3 Å². The Hall–Kier alpha value is -2.80. The maximum atomic E-state index is 14.5. The number of carbonyl (C=O) groups is 1. The molecule has 1 atom stereocenters. The number of aliphatic hydroxyl groups is 1. The van der Waals surface area contributed by atoms with Crippen molar-refractivity contribution in [2.24, 2.45) is 11.8 Å². The van der Waals surface area contributed by atoms with Crippen LogP contribution in [0.5, 0.6) is 0 Å². The molecule has 0 radical (unpaired) electrons. The largest absolute Gasteiger partial charge is 0.396 e. The Kier molecular flexibility index (Phi) is 5.01. The molecular weight excluding hydrogens is 405 g/mol. The van der Waals surface area contributed by atoms with Crippen LogP contribution < -0.4 is 0 Å². The van der Waals surface area contributed by atoms with Crippen molar-refractivity contribution in [1.29, 1.82) is 0 Å². The first-order valence-electron chi connectivity index (χ1n) is 10.6. The minimum Gasteiger partial charge on any atom is -0.396 e. The average Bonchev–Trinajstić information content (AvgIpc) is 3.33. The van der Waals surface area contributed by atoms with Crippen molar-refractivity contribution < 1.29 is 23.1 Å². The standard InChI is InChI=1S/C24H23F3N2O2/c25-17-3-1-14(2-4-17)22-21(19-9-18(26)10-20(27)23(19)28-22)15-7-16(8-15)24(31)29-6-5-13(11-29)12-30/h1-4,9-10,13,15-16,28,30H,5-8,11-12H2/t13-,15?,16?/m0/s1. The molecule has 1 aliphatic heterocycles. The summed E-state index contributed by atoms with van der Waals surface area (Å²) in [5.41, 5.74) is 2.32. The number of fused-ring (bicyclic) bond motifs is 1. The zero-order chi connectivity index (χ0) is 21.7. The number of aliphatic hydroxyl groups excluding tert-OH is 1. The summed E-state index contributed by atoms with van der Waals surface area (Å²) in [7, 11) is 0. The van der Waals surface area contributed by atoms with Crippen molar-refractivity contribution in [2.45, 2.75) is 25.2 Å². The fourth-order valence-corrected chi connectivity index (χ4v) is 5.00. The molecule has 0 unspecified atom stereocenters. The highest BCUT2D eigenvalue weighted by atomic mass is 19.1. The second-order valence-corrected chi connectivity index (χ2v) is 8.72. The average molecular weight is 428 g/mol. The van der Waals surface area contributed by atoms with Gasteiger partial charge in [0.2, 0.25) is 5.91 Å². The van der Waals surface area contributed by atoms with Crippen LogP contribution in [0.25, 0.3) is 22.2 Å². The van der Waals surface area contributed by atoms with Gasteiger partial charge in [-0.05, 0) is 66.6 Å². The van der Waals surface area contributed by atoms with E-state index in [2.05, 4.69) is 4.98 Å². The number of aromatic nitrogens is 1. The monoisotopic (exact) mass is 428 g/mol. The Balaban J connectivity index is 1.46. The van der Waals surface area contributed by atoms with Gasteiger partial charge in [-0.25, -0.2) is 13.2 Å². The summed E-state index contributed by atoms with van der Waals surface area (Å²) >= 11 is 0. The first-order valence-corrected chi connectivity index (χ1v) is 10.6. The fourth-order valence-electron chi connectivity index (χ4n) is 5.00. The molecule has 7 heteroatoms. The molecule has 1 aliphatic carbocycles. The number of carbonyl (C=O) groups excluding carboxylic acids is 1. The van der Waals surface area contributed by atoms with Crippen molar-refractivity contribution in [1.82, 2.24) is 9.88 Å². The molecule has 1 saturated carbocycles. The van der Waals surface area contributed by atoms with Gasteiger partial charge >= 0.3 is 0 Å². The molecule has 1 amide bonds. The lowest BCUT2D eigenvalue weighted by molar-refractivity contribution is -0.137. The van der Waals surface area contributed by atoms with Gasteiger partial charge in [-0.2, -0.15) is 0 Å². The predicted molar refractivity (Wildman–Crippen MR) is 111 cm³/mol. The van der Waals surface area contributed by atoms with Gasteiger partial charge < -0.3 is 15.0 Å². The van der Waals surface area contributed by atoms with E-state index in [1.54, 1.807) is 12.1 Å². The highest BCUT2D eigenvalue weighted by Gasteiger charge is 2.41. The molecule has 2 fully saturated rings. The van der Waals surface area contributed by atoms with Gasteiger partial charge in [-0.3, -0.25) is 4.79 Å². The van der Waals surface area contributed by atoms with Crippen molar-refractivity contribution >= 4 is 16.8 Å². The molecule has 1 saturated heterocycles. The number of hydrogen-bond acceptors (Lipinski definition) is 2. The lowest BCUT2D eigenvalue weighted by Crippen LogP contribution is -2.40. The number of hydrogen-bond donors (Lipinski definition) is 2. The molecule has 4 nitrogen and oxygen atoms in total. The number of aromatic amines is 1. The molecule has 2 N–H and O–H groups in total. The zero-order valence-electron chi connectivity index (χ0n) is 16.9. The minimum absolute atomic E-state index is 0.0276. The molecule has 5 rings (SSSR count). The van der Waals surface area contributed by atoms with Gasteiger partial charge in [-0.15, -0.1) is 0 Å². The maximum Gasteiger partial charge on any atom is 0.225 e. The Morgan fingerprint density at radius 3 is 2.52 bits per heavy atom. The molecule has 2 aliphatic rings. The third-order valence-electron chi connectivity index (χ3n) is 6.75. The summed E-state index contributed by atoms with van der Waals surface area (Å²) in [6, 6.07) is 8.05. The van der Waals surface area contributed by atoms with Gasteiger partial charge in [0, 0.05) is 43.0 Å². The number of nitrogens with zero attached hydrogens (tertiary/aromatic N) is 1. The molecular formula is C24H23F3N2O2. The van der Waals surface area contributed by atoms with E-state index in [4.69, 9.17) is 0 Å². The fraction of sp³-hybridized carbons (Fsp3) is 0.375. The highest BCUT2D eigenvalue weighted by Crippen LogP contribution is 2.49. The Bertz CT molecular complexity index is 1140. The molecule has 162 valence electrons. The van der Waals surface area contributed by atoms with E-state index < -0.39 is 11.6 Å². The van der Waals surface area contributed by atoms with E-state index in [1.807, 2.05) is 4.90 Å². The number of benzene rings is 2. The van der Waals surface area contributed by atoms with Gasteiger partial charge in [0.25, 0.3) is 0 Å². The van der Waals surface area contributed by atoms with E-state index in [-0.39, 0.29) is 41.6 Å². The molecule has 31 heavy (non-hydrogen) atoms. The number of amides is 1. The third-order valence-corrected chi connectivity index (χ3v) is 6.75. The van der Waals surface area contributed by atoms with Crippen LogP contribution >= 0.6 is 0 Å². The molecule has 0 bridgehead atoms. The summed E-state index contributed by atoms with van der Waals surface area (Å²) in [4.78, 5) is 17.7. The van der Waals surface area contributed by atoms with E-state index in [9.17, 15) is 23.1 Å².